The number of allylic oxidation sites excluding steroid dienone is 2. The molecule has 1 heterocycles. The monoisotopic (exact) mass is 179 g/mol. The molecule has 0 aromatic heterocycles. The number of carbonyl (C=O) groups is 2. The van der Waals surface area contributed by atoms with Gasteiger partial charge in [-0.2, -0.15) is 5.06 Å². The van der Waals surface area contributed by atoms with Crippen LogP contribution in [0.2, 0.25) is 0 Å². The van der Waals surface area contributed by atoms with Crippen LogP contribution in [0.3, 0.4) is 0 Å². The molecule has 2 amide bonds. The number of fused-ring (bicyclic) bond motifs is 5. The molecule has 1 saturated heterocycles. The van der Waals surface area contributed by atoms with Gasteiger partial charge in [0.2, 0.25) is 0 Å². The highest BCUT2D eigenvalue weighted by Crippen LogP contribution is 2.51. The zero-order chi connectivity index (χ0) is 9.16. The average molecular weight is 179 g/mol. The SMILES string of the molecule is O=C1[C@@H]2[C@@H](C(=O)N1O)[C@H]1C=C[C@@H]2C1. The highest BCUT2D eigenvalue weighted by Gasteiger charge is 2.59. The molecule has 2 fully saturated rings. The van der Waals surface area contributed by atoms with Gasteiger partial charge in [-0.3, -0.25) is 14.8 Å². The Morgan fingerprint density at radius 1 is 1.15 bits per heavy atom. The van der Waals surface area contributed by atoms with E-state index in [-0.39, 0.29) is 23.7 Å². The van der Waals surface area contributed by atoms with Crippen molar-refractivity contribution in [1.82, 2.24) is 5.06 Å². The highest BCUT2D eigenvalue weighted by atomic mass is 16.5. The van der Waals surface area contributed by atoms with E-state index in [1.807, 2.05) is 12.2 Å². The molecule has 4 atom stereocenters. The van der Waals surface area contributed by atoms with Crippen molar-refractivity contribution in [2.24, 2.45) is 23.7 Å². The van der Waals surface area contributed by atoms with Crippen molar-refractivity contribution in [3.05, 3.63) is 12.2 Å². The summed E-state index contributed by atoms with van der Waals surface area (Å²) in [6.45, 7) is 0. The van der Waals surface area contributed by atoms with Gasteiger partial charge in [0.05, 0.1) is 11.8 Å². The lowest BCUT2D eigenvalue weighted by Crippen LogP contribution is -2.29. The van der Waals surface area contributed by atoms with E-state index in [2.05, 4.69) is 0 Å². The van der Waals surface area contributed by atoms with Crippen molar-refractivity contribution in [3.8, 4) is 0 Å². The second-order valence-corrected chi connectivity index (χ2v) is 3.99. The second-order valence-electron chi connectivity index (χ2n) is 3.99. The summed E-state index contributed by atoms with van der Waals surface area (Å²) >= 11 is 0. The minimum atomic E-state index is -0.410. The molecule has 3 rings (SSSR count). The lowest BCUT2D eigenvalue weighted by atomic mass is 9.85. The number of carbonyl (C=O) groups excluding carboxylic acids is 2. The summed E-state index contributed by atoms with van der Waals surface area (Å²) in [5.74, 6) is -0.995. The molecule has 0 radical (unpaired) electrons. The molecule has 4 heteroatoms. The molecule has 2 aliphatic carbocycles. The van der Waals surface area contributed by atoms with Gasteiger partial charge in [0.1, 0.15) is 0 Å². The smallest absolute Gasteiger partial charge is 0.257 e. The molecule has 0 unspecified atom stereocenters. The van der Waals surface area contributed by atoms with E-state index < -0.39 is 11.8 Å². The molecule has 3 aliphatic rings. The van der Waals surface area contributed by atoms with E-state index in [1.54, 1.807) is 0 Å². The maximum atomic E-state index is 11.4. The number of hydrogen-bond acceptors (Lipinski definition) is 3. The summed E-state index contributed by atoms with van der Waals surface area (Å²) in [5.41, 5.74) is 0. The fraction of sp³-hybridized carbons (Fsp3) is 0.556. The Balaban J connectivity index is 2.08. The third-order valence-corrected chi connectivity index (χ3v) is 3.45. The average Bonchev–Trinajstić information content (AvgIpc) is 2.76. The fourth-order valence-electron chi connectivity index (χ4n) is 2.89. The Morgan fingerprint density at radius 3 is 2.08 bits per heavy atom. The molecule has 0 aromatic carbocycles. The number of rotatable bonds is 0. The van der Waals surface area contributed by atoms with Crippen molar-refractivity contribution in [2.75, 3.05) is 0 Å². The van der Waals surface area contributed by atoms with Crippen LogP contribution >= 0.6 is 0 Å². The van der Waals surface area contributed by atoms with E-state index in [0.717, 1.165) is 6.42 Å². The van der Waals surface area contributed by atoms with E-state index in [0.29, 0.717) is 5.06 Å². The summed E-state index contributed by atoms with van der Waals surface area (Å²) in [6.07, 6.45) is 4.90. The lowest BCUT2D eigenvalue weighted by molar-refractivity contribution is -0.173. The number of imide groups is 1. The Kier molecular flexibility index (Phi) is 1.12. The second kappa shape index (κ2) is 2.01. The van der Waals surface area contributed by atoms with Gasteiger partial charge in [0, 0.05) is 0 Å². The predicted molar refractivity (Wildman–Crippen MR) is 41.4 cm³/mol. The largest absolute Gasteiger partial charge is 0.278 e. The summed E-state index contributed by atoms with van der Waals surface area (Å²) in [6, 6.07) is 0. The number of amides is 2. The standard InChI is InChI=1S/C9H9NO3/c11-8-6-4-1-2-5(3-4)7(6)9(12)10(8)13/h1-2,4-7,13H,3H2/t4-,5+,6-,7-/m0/s1. The van der Waals surface area contributed by atoms with Gasteiger partial charge >= 0.3 is 0 Å². The first-order valence-electron chi connectivity index (χ1n) is 4.45. The molecule has 1 aliphatic heterocycles. The molecule has 4 nitrogen and oxygen atoms in total. The van der Waals surface area contributed by atoms with Gasteiger partial charge in [-0.1, -0.05) is 12.2 Å². The molecular formula is C9H9NO3. The van der Waals surface area contributed by atoms with Crippen molar-refractivity contribution < 1.29 is 14.8 Å². The van der Waals surface area contributed by atoms with Crippen LogP contribution in [0, 0.1) is 23.7 Å². The lowest BCUT2D eigenvalue weighted by Gasteiger charge is -2.13. The summed E-state index contributed by atoms with van der Waals surface area (Å²) in [4.78, 5) is 22.8. The van der Waals surface area contributed by atoms with Crippen LogP contribution in [-0.4, -0.2) is 22.1 Å². The summed E-state index contributed by atoms with van der Waals surface area (Å²) in [5, 5.41) is 9.45. The van der Waals surface area contributed by atoms with Crippen LogP contribution in [0.1, 0.15) is 6.42 Å². The molecular weight excluding hydrogens is 170 g/mol. The Bertz CT molecular complexity index is 306. The van der Waals surface area contributed by atoms with Gasteiger partial charge < -0.3 is 0 Å². The zero-order valence-corrected chi connectivity index (χ0v) is 6.88. The van der Waals surface area contributed by atoms with Crippen LogP contribution < -0.4 is 0 Å². The van der Waals surface area contributed by atoms with E-state index in [1.165, 1.54) is 0 Å². The van der Waals surface area contributed by atoms with Gasteiger partial charge in [-0.25, -0.2) is 0 Å². The van der Waals surface area contributed by atoms with Crippen molar-refractivity contribution in [2.45, 2.75) is 6.42 Å². The molecule has 13 heavy (non-hydrogen) atoms. The van der Waals surface area contributed by atoms with E-state index in [9.17, 15) is 9.59 Å². The first-order chi connectivity index (χ1) is 6.20. The van der Waals surface area contributed by atoms with E-state index in [4.69, 9.17) is 5.21 Å². The quantitative estimate of drug-likeness (QED) is 0.328. The maximum Gasteiger partial charge on any atom is 0.257 e. The first kappa shape index (κ1) is 7.26. The van der Waals surface area contributed by atoms with Crippen LogP contribution in [0.4, 0.5) is 0 Å². The van der Waals surface area contributed by atoms with Gasteiger partial charge in [0.25, 0.3) is 11.8 Å². The topological polar surface area (TPSA) is 57.6 Å². The van der Waals surface area contributed by atoms with Crippen molar-refractivity contribution in [3.63, 3.8) is 0 Å². The van der Waals surface area contributed by atoms with Gasteiger partial charge in [-0.15, -0.1) is 0 Å². The zero-order valence-electron chi connectivity index (χ0n) is 6.88. The molecule has 0 spiro atoms. The molecule has 2 bridgehead atoms. The normalized spacial score (nSPS) is 46.4. The third kappa shape index (κ3) is 0.659. The number of hydrogen-bond donors (Lipinski definition) is 1. The molecule has 0 aromatic rings. The fourth-order valence-corrected chi connectivity index (χ4v) is 2.89. The Morgan fingerprint density at radius 2 is 1.62 bits per heavy atom. The minimum Gasteiger partial charge on any atom is -0.278 e. The molecule has 68 valence electrons. The maximum absolute atomic E-state index is 11.4. The third-order valence-electron chi connectivity index (χ3n) is 3.45. The van der Waals surface area contributed by atoms with Gasteiger partial charge in [0.15, 0.2) is 0 Å². The van der Waals surface area contributed by atoms with Crippen molar-refractivity contribution in [1.29, 1.82) is 0 Å². The van der Waals surface area contributed by atoms with Crippen LogP contribution in [0.25, 0.3) is 0 Å². The molecule has 1 N–H and O–H groups in total. The number of nitrogens with zero attached hydrogens (tertiary/aromatic N) is 1. The number of hydroxylamine groups is 2. The van der Waals surface area contributed by atoms with Crippen LogP contribution in [0.5, 0.6) is 0 Å². The van der Waals surface area contributed by atoms with Crippen LogP contribution in [0.15, 0.2) is 12.2 Å². The Labute approximate surface area is 74.8 Å². The summed E-state index contributed by atoms with van der Waals surface area (Å²) < 4.78 is 0. The molecule has 1 saturated carbocycles. The van der Waals surface area contributed by atoms with Crippen LogP contribution in [-0.2, 0) is 9.59 Å². The Hall–Kier alpha value is -1.16. The van der Waals surface area contributed by atoms with Crippen molar-refractivity contribution >= 4 is 11.8 Å². The first-order valence-corrected chi connectivity index (χ1v) is 4.45. The summed E-state index contributed by atoms with van der Waals surface area (Å²) in [7, 11) is 0. The highest BCUT2D eigenvalue weighted by molar-refractivity contribution is 6.05. The predicted octanol–water partition coefficient (Wildman–Crippen LogP) is 0.183. The van der Waals surface area contributed by atoms with E-state index >= 15 is 0 Å². The minimum absolute atomic E-state index is 0.184. The van der Waals surface area contributed by atoms with Gasteiger partial charge in [-0.05, 0) is 18.3 Å².